The van der Waals surface area contributed by atoms with Gasteiger partial charge in [0, 0.05) is 10.4 Å². The van der Waals surface area contributed by atoms with Crippen molar-refractivity contribution < 1.29 is 9.84 Å². The number of ether oxygens (including phenoxy) is 1. The number of hydrogen-bond donors (Lipinski definition) is 2. The summed E-state index contributed by atoms with van der Waals surface area (Å²) in [6.45, 7) is 0. The summed E-state index contributed by atoms with van der Waals surface area (Å²) in [5.74, 6) is 0.577. The van der Waals surface area contributed by atoms with Gasteiger partial charge in [-0.1, -0.05) is 0 Å². The molecule has 0 saturated heterocycles. The molecule has 0 fully saturated rings. The topological polar surface area (TPSA) is 54.4 Å². The number of phenolic OH excluding ortho intramolecular Hbond substituents is 1. The molecule has 0 saturated carbocycles. The molecule has 0 amide bonds. The molecule has 0 bridgehead atoms. The number of nitrogens with one attached hydrogen (secondary N) is 1. The fourth-order valence-electron chi connectivity index (χ4n) is 2.68. The second-order valence-corrected chi connectivity index (χ2v) is 7.01. The number of aryl methyl sites for hydroxylation is 1. The molecule has 1 atom stereocenters. The minimum atomic E-state index is 0.121. The Hall–Kier alpha value is -1.11. The van der Waals surface area contributed by atoms with Crippen molar-refractivity contribution in [3.05, 3.63) is 27.2 Å². The number of hydrogen-bond acceptors (Lipinski definition) is 5. The van der Waals surface area contributed by atoms with Gasteiger partial charge in [0.2, 0.25) is 0 Å². The summed E-state index contributed by atoms with van der Waals surface area (Å²) in [5, 5.41) is 14.2. The third-order valence-corrected chi connectivity index (χ3v) is 5.58. The van der Waals surface area contributed by atoms with Gasteiger partial charge in [-0.25, -0.2) is 4.98 Å². The van der Waals surface area contributed by atoms with Crippen molar-refractivity contribution in [1.82, 2.24) is 10.3 Å². The first-order chi connectivity index (χ1) is 10.1. The van der Waals surface area contributed by atoms with Crippen LogP contribution in [0.4, 0.5) is 0 Å². The Labute approximate surface area is 136 Å². The fraction of sp³-hybridized carbons (Fsp3) is 0.400. The molecule has 4 nitrogen and oxygen atoms in total. The van der Waals surface area contributed by atoms with E-state index in [4.69, 9.17) is 9.72 Å². The highest BCUT2D eigenvalue weighted by Gasteiger charge is 2.24. The number of aromatic nitrogens is 1. The summed E-state index contributed by atoms with van der Waals surface area (Å²) in [4.78, 5) is 6.18. The Morgan fingerprint density at radius 1 is 1.48 bits per heavy atom. The molecule has 2 aromatic rings. The summed E-state index contributed by atoms with van der Waals surface area (Å²) in [5.41, 5.74) is 2.14. The average molecular weight is 369 g/mol. The smallest absolute Gasteiger partial charge is 0.172 e. The monoisotopic (exact) mass is 368 g/mol. The largest absolute Gasteiger partial charge is 0.503 e. The zero-order chi connectivity index (χ0) is 15.0. The molecule has 0 aliphatic heterocycles. The maximum absolute atomic E-state index is 9.91. The molecule has 2 N–H and O–H groups in total. The molecule has 1 aliphatic rings. The molecular weight excluding hydrogens is 352 g/mol. The van der Waals surface area contributed by atoms with Crippen LogP contribution in [0.2, 0.25) is 0 Å². The minimum absolute atomic E-state index is 0.121. The lowest BCUT2D eigenvalue weighted by Gasteiger charge is -2.19. The highest BCUT2D eigenvalue weighted by molar-refractivity contribution is 9.10. The van der Waals surface area contributed by atoms with Gasteiger partial charge in [0.25, 0.3) is 0 Å². The number of halogens is 1. The van der Waals surface area contributed by atoms with Crippen molar-refractivity contribution in [2.75, 3.05) is 14.2 Å². The Morgan fingerprint density at radius 3 is 3.00 bits per heavy atom. The van der Waals surface area contributed by atoms with Crippen molar-refractivity contribution in [1.29, 1.82) is 0 Å². The van der Waals surface area contributed by atoms with Crippen molar-refractivity contribution in [2.24, 2.45) is 0 Å². The first-order valence-electron chi connectivity index (χ1n) is 6.87. The van der Waals surface area contributed by atoms with Gasteiger partial charge in [-0.2, -0.15) is 0 Å². The number of methoxy groups -OCH3 is 1. The third kappa shape index (κ3) is 2.67. The molecule has 21 heavy (non-hydrogen) atoms. The van der Waals surface area contributed by atoms with Gasteiger partial charge >= 0.3 is 0 Å². The van der Waals surface area contributed by atoms with Crippen LogP contribution in [-0.4, -0.2) is 24.2 Å². The molecule has 1 heterocycles. The van der Waals surface area contributed by atoms with Crippen molar-refractivity contribution in [2.45, 2.75) is 25.3 Å². The van der Waals surface area contributed by atoms with Crippen molar-refractivity contribution in [3.8, 4) is 22.1 Å². The molecule has 1 aromatic heterocycles. The lowest BCUT2D eigenvalue weighted by Crippen LogP contribution is -2.21. The minimum Gasteiger partial charge on any atom is -0.503 e. The van der Waals surface area contributed by atoms with E-state index in [1.807, 2.05) is 19.2 Å². The van der Waals surface area contributed by atoms with Crippen LogP contribution in [0.3, 0.4) is 0 Å². The first-order valence-corrected chi connectivity index (χ1v) is 8.48. The van der Waals surface area contributed by atoms with Crippen LogP contribution in [0.1, 0.15) is 29.5 Å². The number of thiazole rings is 1. The van der Waals surface area contributed by atoms with Gasteiger partial charge in [0.1, 0.15) is 5.01 Å². The molecule has 1 aromatic carbocycles. The maximum atomic E-state index is 9.91. The number of fused-ring (bicyclic) bond motifs is 1. The van der Waals surface area contributed by atoms with E-state index < -0.39 is 0 Å². The van der Waals surface area contributed by atoms with Crippen LogP contribution in [0.25, 0.3) is 10.6 Å². The van der Waals surface area contributed by atoms with E-state index in [1.165, 1.54) is 17.0 Å². The predicted octanol–water partition coefficient (Wildman–Crippen LogP) is 3.88. The van der Waals surface area contributed by atoms with Crippen LogP contribution < -0.4 is 10.1 Å². The second kappa shape index (κ2) is 5.94. The van der Waals surface area contributed by atoms with Gasteiger partial charge in [0.15, 0.2) is 11.5 Å². The summed E-state index contributed by atoms with van der Waals surface area (Å²) in [6.07, 6.45) is 3.43. The number of nitrogens with zero attached hydrogens (tertiary/aromatic N) is 1. The highest BCUT2D eigenvalue weighted by Crippen LogP contribution is 2.42. The molecule has 3 rings (SSSR count). The standard InChI is InChI=1S/C15H17BrN2O2S/c1-17-10-4-3-5-12-13(10)18-15(21-12)8-6-9(16)14(19)11(7-8)20-2/h6-7,10,17,19H,3-5H2,1-2H3. The lowest BCUT2D eigenvalue weighted by molar-refractivity contribution is 0.372. The van der Waals surface area contributed by atoms with Crippen LogP contribution in [-0.2, 0) is 6.42 Å². The van der Waals surface area contributed by atoms with Crippen LogP contribution in [0.5, 0.6) is 11.5 Å². The quantitative estimate of drug-likeness (QED) is 0.862. The van der Waals surface area contributed by atoms with E-state index >= 15 is 0 Å². The van der Waals surface area contributed by atoms with E-state index in [9.17, 15) is 5.11 Å². The molecule has 1 unspecified atom stereocenters. The molecule has 112 valence electrons. The van der Waals surface area contributed by atoms with E-state index in [0.29, 0.717) is 16.3 Å². The maximum Gasteiger partial charge on any atom is 0.172 e. The highest BCUT2D eigenvalue weighted by atomic mass is 79.9. The number of phenols is 1. The molecule has 1 aliphatic carbocycles. The van der Waals surface area contributed by atoms with E-state index in [-0.39, 0.29) is 5.75 Å². The van der Waals surface area contributed by atoms with Gasteiger partial charge in [0.05, 0.1) is 23.3 Å². The Balaban J connectivity index is 2.06. The Bertz CT molecular complexity index is 672. The second-order valence-electron chi connectivity index (χ2n) is 5.07. The molecular formula is C15H17BrN2O2S. The normalized spacial score (nSPS) is 17.6. The van der Waals surface area contributed by atoms with Gasteiger partial charge in [-0.15, -0.1) is 11.3 Å². The zero-order valence-corrected chi connectivity index (χ0v) is 14.3. The zero-order valence-electron chi connectivity index (χ0n) is 11.9. The number of benzene rings is 1. The molecule has 6 heteroatoms. The van der Waals surface area contributed by atoms with E-state index in [1.54, 1.807) is 18.4 Å². The van der Waals surface area contributed by atoms with Crippen LogP contribution >= 0.6 is 27.3 Å². The first kappa shape index (κ1) is 14.8. The summed E-state index contributed by atoms with van der Waals surface area (Å²) in [6, 6.07) is 4.07. The predicted molar refractivity (Wildman–Crippen MR) is 88.2 cm³/mol. The summed E-state index contributed by atoms with van der Waals surface area (Å²) < 4.78 is 5.84. The van der Waals surface area contributed by atoms with Gasteiger partial charge in [-0.3, -0.25) is 0 Å². The van der Waals surface area contributed by atoms with Crippen LogP contribution in [0.15, 0.2) is 16.6 Å². The SMILES string of the molecule is CNC1CCCc2sc(-c3cc(Br)c(O)c(OC)c3)nc21. The molecule has 0 radical (unpaired) electrons. The Kier molecular flexibility index (Phi) is 4.19. The van der Waals surface area contributed by atoms with E-state index in [0.717, 1.165) is 23.4 Å². The van der Waals surface area contributed by atoms with Crippen LogP contribution in [0, 0.1) is 0 Å². The van der Waals surface area contributed by atoms with Gasteiger partial charge in [-0.05, 0) is 54.4 Å². The molecule has 0 spiro atoms. The number of rotatable bonds is 3. The van der Waals surface area contributed by atoms with E-state index in [2.05, 4.69) is 21.2 Å². The number of aromatic hydroxyl groups is 1. The Morgan fingerprint density at radius 2 is 2.29 bits per heavy atom. The summed E-state index contributed by atoms with van der Waals surface area (Å²) >= 11 is 5.10. The van der Waals surface area contributed by atoms with Crippen molar-refractivity contribution in [3.63, 3.8) is 0 Å². The third-order valence-electron chi connectivity index (χ3n) is 3.80. The lowest BCUT2D eigenvalue weighted by atomic mass is 9.98. The average Bonchev–Trinajstić information content (AvgIpc) is 2.93. The summed E-state index contributed by atoms with van der Waals surface area (Å²) in [7, 11) is 3.54. The fourth-order valence-corrected chi connectivity index (χ4v) is 4.27. The van der Waals surface area contributed by atoms with Gasteiger partial charge < -0.3 is 15.2 Å². The van der Waals surface area contributed by atoms with Crippen molar-refractivity contribution >= 4 is 27.3 Å².